The maximum atomic E-state index is 10.7. The van der Waals surface area contributed by atoms with Crippen molar-refractivity contribution in [3.8, 4) is 28.1 Å². The van der Waals surface area contributed by atoms with Gasteiger partial charge in [0.05, 0.1) is 13.7 Å². The fraction of sp³-hybridized carbons (Fsp3) is 0.407. The van der Waals surface area contributed by atoms with Gasteiger partial charge in [-0.1, -0.05) is 54.2 Å². The molecule has 1 aliphatic carbocycles. The van der Waals surface area contributed by atoms with Crippen LogP contribution in [0.25, 0.3) is 22.4 Å². The van der Waals surface area contributed by atoms with Crippen molar-refractivity contribution in [2.45, 2.75) is 37.3 Å². The Morgan fingerprint density at radius 1 is 1.09 bits per heavy atom. The number of nitrogens with two attached hydrogens (primary N) is 1. The van der Waals surface area contributed by atoms with Crippen molar-refractivity contribution >= 4 is 17.7 Å². The highest BCUT2D eigenvalue weighted by Crippen LogP contribution is 2.41. The van der Waals surface area contributed by atoms with Gasteiger partial charge in [0.1, 0.15) is 23.1 Å². The quantitative estimate of drug-likeness (QED) is 0.281. The van der Waals surface area contributed by atoms with Crippen molar-refractivity contribution in [3.63, 3.8) is 0 Å². The Labute approximate surface area is 210 Å². The van der Waals surface area contributed by atoms with E-state index in [0.717, 1.165) is 65.4 Å². The molecule has 0 bridgehead atoms. The van der Waals surface area contributed by atoms with Crippen LogP contribution in [-0.2, 0) is 16.1 Å². The van der Waals surface area contributed by atoms with Crippen LogP contribution in [0, 0.1) is 11.8 Å². The van der Waals surface area contributed by atoms with Crippen LogP contribution in [0.4, 0.5) is 0 Å². The van der Waals surface area contributed by atoms with Gasteiger partial charge in [0.25, 0.3) is 0 Å². The van der Waals surface area contributed by atoms with Crippen molar-refractivity contribution in [3.05, 3.63) is 54.6 Å². The molecular formula is C27H33N3O4S. The summed E-state index contributed by atoms with van der Waals surface area (Å²) in [6, 6.07) is 18.4. The Bertz CT molecular complexity index is 1110. The molecule has 3 aromatic rings. The molecule has 0 spiro atoms. The predicted octanol–water partition coefficient (Wildman–Crippen LogP) is 5.14. The predicted molar refractivity (Wildman–Crippen MR) is 138 cm³/mol. The van der Waals surface area contributed by atoms with Gasteiger partial charge in [0.15, 0.2) is 0 Å². The third kappa shape index (κ3) is 6.45. The molecule has 0 atom stereocenters. The Morgan fingerprint density at radius 3 is 2.49 bits per heavy atom. The molecular weight excluding hydrogens is 462 g/mol. The van der Waals surface area contributed by atoms with E-state index < -0.39 is 5.97 Å². The first-order chi connectivity index (χ1) is 17.1. The fourth-order valence-corrected chi connectivity index (χ4v) is 5.55. The van der Waals surface area contributed by atoms with E-state index in [9.17, 15) is 4.79 Å². The number of nitrogens with zero attached hydrogens (tertiary/aromatic N) is 2. The average Bonchev–Trinajstić information content (AvgIpc) is 3.23. The Hall–Kier alpha value is -2.81. The number of thioether (sulfide) groups is 1. The largest absolute Gasteiger partial charge is 0.497 e. The monoisotopic (exact) mass is 495 g/mol. The SMILES string of the molecule is COc1cccc(-c2c(-c3ccccc3)nn(C[C@H]3CC[C@@H](COCC(=O)O)CC3)c2SCN)c1. The second-order valence-corrected chi connectivity index (χ2v) is 9.92. The van der Waals surface area contributed by atoms with Gasteiger partial charge < -0.3 is 20.3 Å². The number of carboxylic acids is 1. The van der Waals surface area contributed by atoms with E-state index in [1.54, 1.807) is 18.9 Å². The first-order valence-electron chi connectivity index (χ1n) is 12.0. The van der Waals surface area contributed by atoms with Crippen LogP contribution in [0.15, 0.2) is 59.6 Å². The zero-order chi connectivity index (χ0) is 24.6. The van der Waals surface area contributed by atoms with Gasteiger partial charge in [-0.25, -0.2) is 4.79 Å². The van der Waals surface area contributed by atoms with Crippen LogP contribution in [0.3, 0.4) is 0 Å². The smallest absolute Gasteiger partial charge is 0.329 e. The lowest BCUT2D eigenvalue weighted by Gasteiger charge is -2.28. The lowest BCUT2D eigenvalue weighted by Crippen LogP contribution is -2.23. The topological polar surface area (TPSA) is 99.6 Å². The van der Waals surface area contributed by atoms with Gasteiger partial charge in [-0.15, -0.1) is 0 Å². The van der Waals surface area contributed by atoms with E-state index in [0.29, 0.717) is 24.3 Å². The van der Waals surface area contributed by atoms with Crippen LogP contribution in [-0.4, -0.2) is 47.1 Å². The summed E-state index contributed by atoms with van der Waals surface area (Å²) in [7, 11) is 1.68. The highest BCUT2D eigenvalue weighted by molar-refractivity contribution is 7.99. The minimum absolute atomic E-state index is 0.220. The molecule has 1 aromatic heterocycles. The number of carbonyl (C=O) groups is 1. The number of hydrogen-bond acceptors (Lipinski definition) is 6. The maximum Gasteiger partial charge on any atom is 0.329 e. The number of benzene rings is 2. The lowest BCUT2D eigenvalue weighted by atomic mass is 9.82. The van der Waals surface area contributed by atoms with Crippen molar-refractivity contribution in [2.24, 2.45) is 17.6 Å². The van der Waals surface area contributed by atoms with Crippen molar-refractivity contribution in [2.75, 3.05) is 26.2 Å². The first kappa shape index (κ1) is 25.3. The van der Waals surface area contributed by atoms with E-state index in [2.05, 4.69) is 28.9 Å². The summed E-state index contributed by atoms with van der Waals surface area (Å²) in [5.74, 6) is 1.28. The van der Waals surface area contributed by atoms with Gasteiger partial charge in [0.2, 0.25) is 0 Å². The van der Waals surface area contributed by atoms with E-state index in [1.165, 1.54) is 0 Å². The highest BCUT2D eigenvalue weighted by atomic mass is 32.2. The molecule has 1 saturated carbocycles. The van der Waals surface area contributed by atoms with E-state index in [4.69, 9.17) is 25.4 Å². The molecule has 2 aromatic carbocycles. The summed E-state index contributed by atoms with van der Waals surface area (Å²) in [5, 5.41) is 15.0. The summed E-state index contributed by atoms with van der Waals surface area (Å²) in [6.45, 7) is 1.13. The van der Waals surface area contributed by atoms with E-state index >= 15 is 0 Å². The third-order valence-corrected chi connectivity index (χ3v) is 7.36. The molecule has 0 radical (unpaired) electrons. The molecule has 3 N–H and O–H groups in total. The molecule has 0 unspecified atom stereocenters. The normalized spacial score (nSPS) is 17.9. The van der Waals surface area contributed by atoms with Crippen LogP contribution < -0.4 is 10.5 Å². The Balaban J connectivity index is 1.60. The first-order valence-corrected chi connectivity index (χ1v) is 13.0. The van der Waals surface area contributed by atoms with E-state index in [-0.39, 0.29) is 6.61 Å². The fourth-order valence-electron chi connectivity index (χ4n) is 4.77. The third-order valence-electron chi connectivity index (χ3n) is 6.51. The van der Waals surface area contributed by atoms with Gasteiger partial charge in [-0.2, -0.15) is 5.10 Å². The van der Waals surface area contributed by atoms with Gasteiger partial charge in [0, 0.05) is 23.5 Å². The van der Waals surface area contributed by atoms with Gasteiger partial charge >= 0.3 is 5.97 Å². The highest BCUT2D eigenvalue weighted by Gasteiger charge is 2.26. The number of methoxy groups -OCH3 is 1. The summed E-state index contributed by atoms with van der Waals surface area (Å²) >= 11 is 1.62. The molecule has 4 rings (SSSR count). The number of hydrogen-bond donors (Lipinski definition) is 2. The van der Waals surface area contributed by atoms with Gasteiger partial charge in [-0.3, -0.25) is 4.68 Å². The zero-order valence-electron chi connectivity index (χ0n) is 20.1. The molecule has 1 heterocycles. The maximum absolute atomic E-state index is 10.7. The van der Waals surface area contributed by atoms with Crippen LogP contribution >= 0.6 is 11.8 Å². The van der Waals surface area contributed by atoms with Crippen molar-refractivity contribution < 1.29 is 19.4 Å². The molecule has 1 aliphatic rings. The molecule has 35 heavy (non-hydrogen) atoms. The van der Waals surface area contributed by atoms with Gasteiger partial charge in [-0.05, 0) is 55.2 Å². The molecule has 0 saturated heterocycles. The van der Waals surface area contributed by atoms with E-state index in [1.807, 2.05) is 30.3 Å². The molecule has 186 valence electrons. The number of aliphatic carboxylic acids is 1. The average molecular weight is 496 g/mol. The Kier molecular flexibility index (Phi) is 8.84. The lowest BCUT2D eigenvalue weighted by molar-refractivity contribution is -0.142. The van der Waals surface area contributed by atoms with Crippen LogP contribution in [0.1, 0.15) is 25.7 Å². The molecule has 7 nitrogen and oxygen atoms in total. The summed E-state index contributed by atoms with van der Waals surface area (Å²) in [5.41, 5.74) is 10.2. The molecule has 0 aliphatic heterocycles. The second kappa shape index (κ2) is 12.2. The van der Waals surface area contributed by atoms with Crippen molar-refractivity contribution in [1.29, 1.82) is 0 Å². The van der Waals surface area contributed by atoms with Crippen LogP contribution in [0.5, 0.6) is 5.75 Å². The summed E-state index contributed by atoms with van der Waals surface area (Å²) in [6.07, 6.45) is 4.23. The summed E-state index contributed by atoms with van der Waals surface area (Å²) < 4.78 is 13.0. The molecule has 0 amide bonds. The number of aromatic nitrogens is 2. The zero-order valence-corrected chi connectivity index (χ0v) is 20.9. The number of carboxylic acid groups (broad SMARTS) is 1. The standard InChI is InChI=1S/C27H33N3O4S/c1-33-23-9-5-8-22(14-23)25-26(21-6-3-2-4-7-21)29-30(27(25)35-18-28)15-19-10-12-20(13-11-19)16-34-17-24(31)32/h2-9,14,19-20H,10-13,15-18,28H2,1H3,(H,31,32)/t19-,20+. The minimum atomic E-state index is -0.914. The van der Waals surface area contributed by atoms with Crippen molar-refractivity contribution in [1.82, 2.24) is 9.78 Å². The Morgan fingerprint density at radius 2 is 1.80 bits per heavy atom. The van der Waals surface area contributed by atoms with Crippen LogP contribution in [0.2, 0.25) is 0 Å². The molecule has 1 fully saturated rings. The number of ether oxygens (including phenoxy) is 2. The number of rotatable bonds is 11. The molecule has 8 heteroatoms. The minimum Gasteiger partial charge on any atom is -0.497 e. The summed E-state index contributed by atoms with van der Waals surface area (Å²) in [4.78, 5) is 10.7. The second-order valence-electron chi connectivity index (χ2n) is 8.92.